The molecule has 31 heavy (non-hydrogen) atoms. The molecule has 0 radical (unpaired) electrons. The van der Waals surface area contributed by atoms with Crippen LogP contribution in [0.3, 0.4) is 0 Å². The van der Waals surface area contributed by atoms with Crippen molar-refractivity contribution in [2.45, 2.75) is 13.1 Å². The van der Waals surface area contributed by atoms with Gasteiger partial charge in [0.05, 0.1) is 25.9 Å². The summed E-state index contributed by atoms with van der Waals surface area (Å²) in [6, 6.07) is 10.5. The number of morpholine rings is 1. The highest BCUT2D eigenvalue weighted by molar-refractivity contribution is 5.98. The first kappa shape index (κ1) is 22.6. The molecule has 1 saturated heterocycles. The van der Waals surface area contributed by atoms with E-state index in [1.54, 1.807) is 30.2 Å². The van der Waals surface area contributed by atoms with Crippen LogP contribution < -0.4 is 4.74 Å². The zero-order valence-corrected chi connectivity index (χ0v) is 17.4. The van der Waals surface area contributed by atoms with E-state index in [4.69, 9.17) is 9.47 Å². The third-order valence-corrected chi connectivity index (χ3v) is 5.02. The third-order valence-electron chi connectivity index (χ3n) is 5.02. The van der Waals surface area contributed by atoms with Crippen molar-refractivity contribution < 1.29 is 27.4 Å². The van der Waals surface area contributed by atoms with Crippen LogP contribution >= 0.6 is 0 Å². The first-order valence-corrected chi connectivity index (χ1v) is 9.86. The van der Waals surface area contributed by atoms with Gasteiger partial charge in [-0.05, 0) is 53.5 Å². The van der Waals surface area contributed by atoms with E-state index in [1.807, 2.05) is 25.1 Å². The van der Waals surface area contributed by atoms with Crippen LogP contribution in [-0.4, -0.2) is 44.2 Å². The smallest absolute Gasteiger partial charge is 0.416 e. The normalized spacial score (nSPS) is 15.4. The van der Waals surface area contributed by atoms with Gasteiger partial charge < -0.3 is 14.4 Å². The lowest BCUT2D eigenvalue weighted by atomic mass is 10.0. The molecule has 0 aliphatic carbocycles. The van der Waals surface area contributed by atoms with Gasteiger partial charge in [0.2, 0.25) is 5.91 Å². The largest absolute Gasteiger partial charge is 0.496 e. The average Bonchev–Trinajstić information content (AvgIpc) is 2.76. The Morgan fingerprint density at radius 2 is 1.77 bits per heavy atom. The van der Waals surface area contributed by atoms with Gasteiger partial charge in [0, 0.05) is 19.2 Å². The van der Waals surface area contributed by atoms with Crippen molar-refractivity contribution in [3.05, 3.63) is 76.9 Å². The number of nitrogens with zero attached hydrogens (tertiary/aromatic N) is 1. The Kier molecular flexibility index (Phi) is 7.17. The van der Waals surface area contributed by atoms with Gasteiger partial charge in [0.1, 0.15) is 5.75 Å². The monoisotopic (exact) mass is 431 g/mol. The highest BCUT2D eigenvalue weighted by Gasteiger charge is 2.29. The van der Waals surface area contributed by atoms with Crippen molar-refractivity contribution in [2.24, 2.45) is 0 Å². The van der Waals surface area contributed by atoms with E-state index in [0.29, 0.717) is 37.4 Å². The predicted octanol–water partition coefficient (Wildman–Crippen LogP) is 4.98. The number of carbonyl (C=O) groups excluding carboxylic acids is 1. The fourth-order valence-electron chi connectivity index (χ4n) is 3.26. The lowest BCUT2D eigenvalue weighted by Gasteiger charge is -2.26. The maximum Gasteiger partial charge on any atom is 0.416 e. The number of alkyl halides is 3. The first-order valence-electron chi connectivity index (χ1n) is 9.86. The second kappa shape index (κ2) is 9.83. The standard InChI is InChI=1S/C24H24F3NO3/c1-17-15-19(7-10-22(17)30-2)20(16-23(29)28-11-13-31-14-12-28)6-3-18-4-8-21(9-5-18)24(25,26)27/h3-10,15-16H,11-14H2,1-2H3/b6-3+,20-16-. The molecule has 1 heterocycles. The molecule has 0 unspecified atom stereocenters. The number of aryl methyl sites for hydroxylation is 1. The van der Waals surface area contributed by atoms with Crippen molar-refractivity contribution in [1.82, 2.24) is 4.90 Å². The van der Waals surface area contributed by atoms with E-state index >= 15 is 0 Å². The number of carbonyl (C=O) groups is 1. The van der Waals surface area contributed by atoms with Gasteiger partial charge in [-0.2, -0.15) is 13.2 Å². The molecule has 1 aliphatic heterocycles. The molecule has 0 bridgehead atoms. The summed E-state index contributed by atoms with van der Waals surface area (Å²) in [6.45, 7) is 3.94. The van der Waals surface area contributed by atoms with Crippen molar-refractivity contribution >= 4 is 17.6 Å². The topological polar surface area (TPSA) is 38.8 Å². The summed E-state index contributed by atoms with van der Waals surface area (Å²) in [5.41, 5.74) is 2.27. The van der Waals surface area contributed by atoms with Crippen molar-refractivity contribution in [3.8, 4) is 5.75 Å². The van der Waals surface area contributed by atoms with Crippen LogP contribution in [0.1, 0.15) is 22.3 Å². The number of ether oxygens (including phenoxy) is 2. The number of benzene rings is 2. The summed E-state index contributed by atoms with van der Waals surface area (Å²) < 4.78 is 49.0. The number of amides is 1. The molecule has 0 spiro atoms. The summed E-state index contributed by atoms with van der Waals surface area (Å²) in [4.78, 5) is 14.5. The Bertz CT molecular complexity index is 973. The molecule has 2 aromatic rings. The second-order valence-corrected chi connectivity index (χ2v) is 7.17. The third kappa shape index (κ3) is 5.98. The Hall–Kier alpha value is -3.06. The molecule has 0 saturated carbocycles. The summed E-state index contributed by atoms with van der Waals surface area (Å²) in [5, 5.41) is 0. The van der Waals surface area contributed by atoms with Crippen LogP contribution in [0.5, 0.6) is 5.75 Å². The lowest BCUT2D eigenvalue weighted by Crippen LogP contribution is -2.39. The molecule has 7 heteroatoms. The van der Waals surface area contributed by atoms with E-state index in [0.717, 1.165) is 29.0 Å². The minimum absolute atomic E-state index is 0.135. The Labute approximate surface area is 179 Å². The van der Waals surface area contributed by atoms with Gasteiger partial charge in [-0.1, -0.05) is 30.4 Å². The molecule has 0 aromatic heterocycles. The number of hydrogen-bond donors (Lipinski definition) is 0. The summed E-state index contributed by atoms with van der Waals surface area (Å²) >= 11 is 0. The van der Waals surface area contributed by atoms with Crippen molar-refractivity contribution in [3.63, 3.8) is 0 Å². The van der Waals surface area contributed by atoms with Crippen LogP contribution in [0.15, 0.2) is 54.6 Å². The Morgan fingerprint density at radius 3 is 2.35 bits per heavy atom. The maximum absolute atomic E-state index is 12.8. The number of hydrogen-bond acceptors (Lipinski definition) is 3. The van der Waals surface area contributed by atoms with Gasteiger partial charge in [0.15, 0.2) is 0 Å². The molecule has 1 amide bonds. The molecular formula is C24H24F3NO3. The van der Waals surface area contributed by atoms with Crippen LogP contribution in [0, 0.1) is 6.92 Å². The zero-order valence-electron chi connectivity index (χ0n) is 17.4. The molecule has 0 N–H and O–H groups in total. The highest BCUT2D eigenvalue weighted by atomic mass is 19.4. The van der Waals surface area contributed by atoms with Crippen LogP contribution in [0.2, 0.25) is 0 Å². The van der Waals surface area contributed by atoms with Crippen molar-refractivity contribution in [2.75, 3.05) is 33.4 Å². The summed E-state index contributed by atoms with van der Waals surface area (Å²) in [6.07, 6.45) is 0.603. The van der Waals surface area contributed by atoms with Crippen molar-refractivity contribution in [1.29, 1.82) is 0 Å². The van der Waals surface area contributed by atoms with E-state index < -0.39 is 11.7 Å². The van der Waals surface area contributed by atoms with E-state index in [9.17, 15) is 18.0 Å². The minimum Gasteiger partial charge on any atom is -0.496 e. The van der Waals surface area contributed by atoms with Gasteiger partial charge in [-0.25, -0.2) is 0 Å². The molecule has 1 aliphatic rings. The fourth-order valence-corrected chi connectivity index (χ4v) is 3.26. The van der Waals surface area contributed by atoms with Gasteiger partial charge in [-0.15, -0.1) is 0 Å². The minimum atomic E-state index is -4.38. The molecule has 3 rings (SSSR count). The first-order chi connectivity index (χ1) is 14.8. The van der Waals surface area contributed by atoms with E-state index in [-0.39, 0.29) is 5.91 Å². The predicted molar refractivity (Wildman–Crippen MR) is 114 cm³/mol. The molecule has 0 atom stereocenters. The Morgan fingerprint density at radius 1 is 1.10 bits per heavy atom. The molecule has 1 fully saturated rings. The highest BCUT2D eigenvalue weighted by Crippen LogP contribution is 2.30. The maximum atomic E-state index is 12.8. The molecular weight excluding hydrogens is 407 g/mol. The van der Waals surface area contributed by atoms with Gasteiger partial charge in [0.25, 0.3) is 0 Å². The summed E-state index contributed by atoms with van der Waals surface area (Å²) in [5.74, 6) is 0.596. The zero-order chi connectivity index (χ0) is 22.4. The quantitative estimate of drug-likeness (QED) is 0.495. The SMILES string of the molecule is COc1ccc(C(=C\C(=O)N2CCOCC2)/C=C/c2ccc(C(F)(F)F)cc2)cc1C. The lowest BCUT2D eigenvalue weighted by molar-refractivity contribution is -0.137. The van der Waals surface area contributed by atoms with E-state index in [2.05, 4.69) is 0 Å². The number of halogens is 3. The van der Waals surface area contributed by atoms with Crippen LogP contribution in [0.25, 0.3) is 11.6 Å². The number of methoxy groups -OCH3 is 1. The van der Waals surface area contributed by atoms with Crippen LogP contribution in [-0.2, 0) is 15.7 Å². The average molecular weight is 431 g/mol. The summed E-state index contributed by atoms with van der Waals surface area (Å²) in [7, 11) is 1.59. The molecule has 4 nitrogen and oxygen atoms in total. The number of allylic oxidation sites excluding steroid dienone is 2. The molecule has 164 valence electrons. The van der Waals surface area contributed by atoms with Gasteiger partial charge >= 0.3 is 6.18 Å². The van der Waals surface area contributed by atoms with Crippen LogP contribution in [0.4, 0.5) is 13.2 Å². The second-order valence-electron chi connectivity index (χ2n) is 7.17. The molecule has 2 aromatic carbocycles. The van der Waals surface area contributed by atoms with E-state index in [1.165, 1.54) is 12.1 Å². The number of rotatable bonds is 5. The van der Waals surface area contributed by atoms with Gasteiger partial charge in [-0.3, -0.25) is 4.79 Å². The Balaban J connectivity index is 1.91. The fraction of sp³-hybridized carbons (Fsp3) is 0.292.